The number of benzene rings is 1. The van der Waals surface area contributed by atoms with Crippen molar-refractivity contribution in [2.24, 2.45) is 11.8 Å². The second-order valence-corrected chi connectivity index (χ2v) is 11.5. The third-order valence-corrected chi connectivity index (χ3v) is 10.2. The maximum Gasteiger partial charge on any atom is 0.308 e. The first-order valence-electron chi connectivity index (χ1n) is 10.6. The molecule has 2 bridgehead atoms. The highest BCUT2D eigenvalue weighted by Gasteiger charge is 2.76. The van der Waals surface area contributed by atoms with Crippen LogP contribution in [0.25, 0.3) is 0 Å². The quantitative estimate of drug-likeness (QED) is 0.421. The number of hydrogen-bond donors (Lipinski definition) is 2. The fraction of sp³-hybridized carbons (Fsp3) is 0.522. The number of hydrogen-bond acceptors (Lipinski definition) is 5. The Morgan fingerprint density at radius 3 is 2.59 bits per heavy atom. The molecule has 32 heavy (non-hydrogen) atoms. The highest BCUT2D eigenvalue weighted by Crippen LogP contribution is 2.67. The average Bonchev–Trinajstić information content (AvgIpc) is 3.31. The average molecular weight is 523 g/mol. The van der Waals surface area contributed by atoms with Gasteiger partial charge in [-0.1, -0.05) is 40.2 Å². The maximum atomic E-state index is 14.2. The summed E-state index contributed by atoms with van der Waals surface area (Å²) in [7, 11) is 0. The predicted molar refractivity (Wildman–Crippen MR) is 127 cm³/mol. The Kier molecular flexibility index (Phi) is 6.19. The van der Waals surface area contributed by atoms with E-state index >= 15 is 0 Å². The van der Waals surface area contributed by atoms with Gasteiger partial charge in [-0.05, 0) is 31.4 Å². The van der Waals surface area contributed by atoms with Crippen molar-refractivity contribution in [1.29, 1.82) is 0 Å². The van der Waals surface area contributed by atoms with Crippen molar-refractivity contribution in [3.63, 3.8) is 0 Å². The van der Waals surface area contributed by atoms with Crippen molar-refractivity contribution in [3.05, 3.63) is 42.0 Å². The number of carboxylic acids is 1. The molecule has 1 spiro atoms. The van der Waals surface area contributed by atoms with Gasteiger partial charge >= 0.3 is 5.97 Å². The standard InChI is InChI=1S/C23H27BrN2O5S/c1-4-8-25(17-12(2)6-5-7-13(17)3)21(29)19-23-11-14(24)18(32-23)15(22(30)31)16(23)20(28)26(19)9-10-27/h4-7,14-16,18-19,27H,1,8-11H2,2-3H3,(H,30,31)/t14?,15-,16-,18-,19?,23?/m0/s1. The van der Waals surface area contributed by atoms with E-state index in [0.29, 0.717) is 6.42 Å². The summed E-state index contributed by atoms with van der Waals surface area (Å²) in [5, 5.41) is 19.3. The van der Waals surface area contributed by atoms with E-state index in [-0.39, 0.29) is 41.6 Å². The molecule has 172 valence electrons. The van der Waals surface area contributed by atoms with Crippen LogP contribution in [-0.4, -0.2) is 73.5 Å². The first-order chi connectivity index (χ1) is 15.2. The van der Waals surface area contributed by atoms with Gasteiger partial charge in [0.05, 0.1) is 23.2 Å². The number of fused-ring (bicyclic) bond motifs is 1. The van der Waals surface area contributed by atoms with E-state index in [2.05, 4.69) is 22.5 Å². The molecule has 0 saturated carbocycles. The number of nitrogens with zero attached hydrogens (tertiary/aromatic N) is 2. The van der Waals surface area contributed by atoms with Crippen molar-refractivity contribution in [2.45, 2.75) is 41.1 Å². The van der Waals surface area contributed by atoms with Gasteiger partial charge < -0.3 is 20.0 Å². The Morgan fingerprint density at radius 2 is 2.03 bits per heavy atom. The molecular weight excluding hydrogens is 496 g/mol. The fourth-order valence-electron chi connectivity index (χ4n) is 5.84. The van der Waals surface area contributed by atoms with Crippen LogP contribution in [0.4, 0.5) is 5.69 Å². The Morgan fingerprint density at radius 1 is 1.38 bits per heavy atom. The molecule has 6 atom stereocenters. The summed E-state index contributed by atoms with van der Waals surface area (Å²) in [6.45, 7) is 7.64. The van der Waals surface area contributed by atoms with Crippen LogP contribution in [0.3, 0.4) is 0 Å². The number of aliphatic carboxylic acids is 1. The SMILES string of the molecule is C=CCN(C(=O)C1N(CCO)C(=O)[C@@H]2[C@H](C(=O)O)[C@H]3SC12CC3Br)c1c(C)cccc1C. The van der Waals surface area contributed by atoms with Crippen LogP contribution in [0, 0.1) is 25.7 Å². The third-order valence-electron chi connectivity index (χ3n) is 6.94. The summed E-state index contributed by atoms with van der Waals surface area (Å²) in [5.74, 6) is -3.27. The number of carbonyl (C=O) groups excluding carboxylic acids is 2. The molecule has 0 aliphatic carbocycles. The van der Waals surface area contributed by atoms with Gasteiger partial charge in [-0.2, -0.15) is 0 Å². The molecule has 9 heteroatoms. The lowest BCUT2D eigenvalue weighted by atomic mass is 9.71. The van der Waals surface area contributed by atoms with Gasteiger partial charge in [-0.3, -0.25) is 14.4 Å². The number of likely N-dealkylation sites (tertiary alicyclic amines) is 1. The first-order valence-corrected chi connectivity index (χ1v) is 12.4. The highest BCUT2D eigenvalue weighted by atomic mass is 79.9. The Bertz CT molecular complexity index is 967. The number of anilines is 1. The molecule has 1 aromatic carbocycles. The van der Waals surface area contributed by atoms with E-state index in [1.807, 2.05) is 32.0 Å². The second-order valence-electron chi connectivity index (χ2n) is 8.73. The molecule has 1 aromatic rings. The maximum absolute atomic E-state index is 14.2. The first kappa shape index (κ1) is 23.3. The second kappa shape index (κ2) is 8.50. The van der Waals surface area contributed by atoms with Crippen LogP contribution in [0.15, 0.2) is 30.9 Å². The van der Waals surface area contributed by atoms with Crippen LogP contribution >= 0.6 is 27.7 Å². The van der Waals surface area contributed by atoms with Crippen molar-refractivity contribution in [1.82, 2.24) is 4.90 Å². The Labute approximate surface area is 200 Å². The van der Waals surface area contributed by atoms with Gasteiger partial charge in [-0.25, -0.2) is 0 Å². The van der Waals surface area contributed by atoms with Crippen molar-refractivity contribution in [2.75, 3.05) is 24.6 Å². The van der Waals surface area contributed by atoms with Gasteiger partial charge in [0.1, 0.15) is 6.04 Å². The lowest BCUT2D eigenvalue weighted by molar-refractivity contribution is -0.148. The zero-order chi connectivity index (χ0) is 23.4. The molecule has 3 fully saturated rings. The largest absolute Gasteiger partial charge is 0.481 e. The van der Waals surface area contributed by atoms with Gasteiger partial charge in [0.15, 0.2) is 0 Å². The van der Waals surface area contributed by atoms with E-state index in [1.54, 1.807) is 11.0 Å². The van der Waals surface area contributed by atoms with Crippen LogP contribution in [0.2, 0.25) is 0 Å². The van der Waals surface area contributed by atoms with E-state index < -0.39 is 28.6 Å². The molecule has 0 radical (unpaired) electrons. The minimum absolute atomic E-state index is 0.00725. The van der Waals surface area contributed by atoms with E-state index in [4.69, 9.17) is 0 Å². The summed E-state index contributed by atoms with van der Waals surface area (Å²) >= 11 is 5.08. The molecule has 3 aliphatic heterocycles. The van der Waals surface area contributed by atoms with Gasteiger partial charge in [0, 0.05) is 28.9 Å². The summed E-state index contributed by atoms with van der Waals surface area (Å²) < 4.78 is -0.846. The molecule has 0 aromatic heterocycles. The number of thioether (sulfide) groups is 1. The summed E-state index contributed by atoms with van der Waals surface area (Å²) in [5.41, 5.74) is 2.63. The number of halogens is 1. The number of aliphatic hydroxyl groups excluding tert-OH is 1. The topological polar surface area (TPSA) is 98.2 Å². The molecule has 3 unspecified atom stereocenters. The Balaban J connectivity index is 1.84. The minimum Gasteiger partial charge on any atom is -0.481 e. The van der Waals surface area contributed by atoms with E-state index in [1.165, 1.54) is 16.7 Å². The van der Waals surface area contributed by atoms with Crippen LogP contribution in [0.1, 0.15) is 17.5 Å². The van der Waals surface area contributed by atoms with Crippen molar-refractivity contribution >= 4 is 51.2 Å². The van der Waals surface area contributed by atoms with Crippen LogP contribution < -0.4 is 4.90 Å². The molecule has 2 N–H and O–H groups in total. The van der Waals surface area contributed by atoms with Gasteiger partial charge in [0.2, 0.25) is 5.91 Å². The number of para-hydroxylation sites is 1. The highest BCUT2D eigenvalue weighted by molar-refractivity contribution is 9.09. The lowest BCUT2D eigenvalue weighted by Gasteiger charge is -2.38. The predicted octanol–water partition coefficient (Wildman–Crippen LogP) is 2.36. The van der Waals surface area contributed by atoms with Crippen molar-refractivity contribution in [3.8, 4) is 0 Å². The van der Waals surface area contributed by atoms with Crippen molar-refractivity contribution < 1.29 is 24.6 Å². The molecule has 2 amide bonds. The Hall–Kier alpha value is -1.84. The summed E-state index contributed by atoms with van der Waals surface area (Å²) in [4.78, 5) is 42.8. The number of amides is 2. The smallest absolute Gasteiger partial charge is 0.308 e. The number of alkyl halides is 1. The monoisotopic (exact) mass is 522 g/mol. The summed E-state index contributed by atoms with van der Waals surface area (Å²) in [6.07, 6.45) is 2.17. The van der Waals surface area contributed by atoms with E-state index in [9.17, 15) is 24.6 Å². The van der Waals surface area contributed by atoms with E-state index in [0.717, 1.165) is 16.8 Å². The molecule has 7 nitrogen and oxygen atoms in total. The van der Waals surface area contributed by atoms with Crippen LogP contribution in [0.5, 0.6) is 0 Å². The zero-order valence-electron chi connectivity index (χ0n) is 18.0. The fourth-order valence-corrected chi connectivity index (χ4v) is 9.44. The molecular formula is C23H27BrN2O5S. The lowest BCUT2D eigenvalue weighted by Crippen LogP contribution is -2.56. The number of rotatable bonds is 7. The van der Waals surface area contributed by atoms with Gasteiger partial charge in [0.25, 0.3) is 5.91 Å². The number of carboxylic acid groups (broad SMARTS) is 1. The van der Waals surface area contributed by atoms with Gasteiger partial charge in [-0.15, -0.1) is 18.3 Å². The molecule has 3 aliphatic rings. The van der Waals surface area contributed by atoms with Crippen LogP contribution in [-0.2, 0) is 14.4 Å². The summed E-state index contributed by atoms with van der Waals surface area (Å²) in [6, 6.07) is 4.94. The molecule has 3 heterocycles. The normalized spacial score (nSPS) is 32.8. The minimum atomic E-state index is -1.01. The number of aryl methyl sites for hydroxylation is 2. The molecule has 4 rings (SSSR count). The third kappa shape index (κ3) is 3.23. The number of carbonyl (C=O) groups is 3. The molecule has 3 saturated heterocycles. The number of β-amino-alcohol motifs (C(OH)–C–C–N with tert-alkyl or cyclic N) is 1. The number of aliphatic hydroxyl groups is 1. The zero-order valence-corrected chi connectivity index (χ0v) is 20.4.